The second-order valence-corrected chi connectivity index (χ2v) is 17.7. The fraction of sp³-hybridized carbons (Fsp3) is 0.217. The van der Waals surface area contributed by atoms with Crippen molar-refractivity contribution in [1.82, 2.24) is 30.0 Å². The fourth-order valence-corrected chi connectivity index (χ4v) is 11.8. The van der Waals surface area contributed by atoms with Gasteiger partial charge < -0.3 is 20.1 Å². The van der Waals surface area contributed by atoms with Gasteiger partial charge in [0.1, 0.15) is 11.6 Å². The Balaban J connectivity index is 1.11. The molecule has 0 unspecified atom stereocenters. The van der Waals surface area contributed by atoms with Gasteiger partial charge in [-0.05, 0) is 149 Å². The van der Waals surface area contributed by atoms with E-state index in [1.807, 2.05) is 35.1 Å². The Morgan fingerprint density at radius 3 is 1.33 bits per heavy atom. The Hall–Kier alpha value is -5.51. The first kappa shape index (κ1) is 37.1. The third-order valence-electron chi connectivity index (χ3n) is 12.2. The molecule has 7 nitrogen and oxygen atoms in total. The van der Waals surface area contributed by atoms with Gasteiger partial charge in [-0.15, -0.1) is 22.7 Å². The van der Waals surface area contributed by atoms with E-state index in [4.69, 9.17) is 9.97 Å². The second kappa shape index (κ2) is 14.1. The topological polar surface area (TPSA) is 59.6 Å². The van der Waals surface area contributed by atoms with E-state index in [2.05, 4.69) is 173 Å². The quantitative estimate of drug-likeness (QED) is 0.157. The summed E-state index contributed by atoms with van der Waals surface area (Å²) in [6.45, 7) is 17.5. The Morgan fingerprint density at radius 1 is 0.526 bits per heavy atom. The number of aromatic nitrogens is 2. The van der Waals surface area contributed by atoms with Crippen LogP contribution in [0.1, 0.15) is 47.2 Å². The smallest absolute Gasteiger partial charge is 0.394 e. The molecule has 0 saturated carbocycles. The molecular weight excluding hydrogens is 736 g/mol. The van der Waals surface area contributed by atoms with Crippen molar-refractivity contribution >= 4 is 73.7 Å². The summed E-state index contributed by atoms with van der Waals surface area (Å²) in [5, 5.41) is 10.5. The summed E-state index contributed by atoms with van der Waals surface area (Å²) in [7, 11) is 4.35. The monoisotopic (exact) mass is 783 g/mol. The van der Waals surface area contributed by atoms with E-state index >= 15 is 0 Å². The number of fused-ring (bicyclic) bond motifs is 2. The van der Waals surface area contributed by atoms with Crippen molar-refractivity contribution in [2.75, 3.05) is 19.0 Å². The van der Waals surface area contributed by atoms with Crippen LogP contribution in [-0.2, 0) is 0 Å². The van der Waals surface area contributed by atoms with Crippen LogP contribution in [0.5, 0.6) is 0 Å². The Bertz CT molecular complexity index is 2590. The first-order chi connectivity index (χ1) is 27.5. The number of nitrogens with one attached hydrogen (secondary N) is 2. The maximum Gasteiger partial charge on any atom is 0.430 e. The van der Waals surface area contributed by atoms with Gasteiger partial charge in [-0.2, -0.15) is 0 Å². The van der Waals surface area contributed by atoms with Crippen LogP contribution in [0.15, 0.2) is 114 Å². The van der Waals surface area contributed by atoms with E-state index in [0.717, 1.165) is 39.9 Å². The second-order valence-electron chi connectivity index (χ2n) is 15.6. The number of nitrogens with zero attached hydrogens (tertiary/aromatic N) is 5. The molecular formula is C46H47B2N7S2. The number of rotatable bonds is 7. The molecule has 9 rings (SSSR count). The summed E-state index contributed by atoms with van der Waals surface area (Å²) < 4.78 is 2.44. The number of thiophene rings is 2. The van der Waals surface area contributed by atoms with Gasteiger partial charge >= 0.3 is 14.0 Å². The van der Waals surface area contributed by atoms with Crippen molar-refractivity contribution < 1.29 is 0 Å². The molecule has 2 aliphatic heterocycles. The van der Waals surface area contributed by atoms with Crippen LogP contribution in [0, 0.1) is 41.5 Å². The molecule has 0 fully saturated rings. The molecule has 0 saturated heterocycles. The molecule has 0 spiro atoms. The average molecular weight is 784 g/mol. The minimum absolute atomic E-state index is 0.164. The molecule has 0 amide bonds. The molecule has 284 valence electrons. The lowest BCUT2D eigenvalue weighted by Gasteiger charge is -2.29. The largest absolute Gasteiger partial charge is 0.430 e. The lowest BCUT2D eigenvalue weighted by molar-refractivity contribution is 0.658. The highest BCUT2D eigenvalue weighted by Crippen LogP contribution is 2.42. The van der Waals surface area contributed by atoms with Crippen LogP contribution in [-0.4, -0.2) is 47.7 Å². The summed E-state index contributed by atoms with van der Waals surface area (Å²) in [6, 6.07) is 28.2. The van der Waals surface area contributed by atoms with Gasteiger partial charge in [0.15, 0.2) is 0 Å². The molecule has 0 bridgehead atoms. The van der Waals surface area contributed by atoms with Crippen LogP contribution in [0.25, 0.3) is 41.1 Å². The van der Waals surface area contributed by atoms with E-state index in [1.54, 1.807) is 0 Å². The summed E-state index contributed by atoms with van der Waals surface area (Å²) in [5.41, 5.74) is 15.9. The zero-order valence-corrected chi connectivity index (χ0v) is 36.0. The molecule has 0 atom stereocenters. The summed E-state index contributed by atoms with van der Waals surface area (Å²) in [6.07, 6.45) is 3.94. The van der Waals surface area contributed by atoms with Gasteiger partial charge in [0.25, 0.3) is 0 Å². The first-order valence-electron chi connectivity index (χ1n) is 19.6. The van der Waals surface area contributed by atoms with Crippen molar-refractivity contribution in [2.45, 2.75) is 55.4 Å². The SMILES string of the molecule is CC1=C(N(C2=C(C)N(C)B(c3nccc4c(C)c(-c5c(C)cccc5C)sc34)N2)c2ccccc2)NB(c2nccc3c(C)c(-c4c(C)cccc4C)sc23)N1C. The molecule has 57 heavy (non-hydrogen) atoms. The fourth-order valence-electron chi connectivity index (χ4n) is 8.83. The molecule has 6 heterocycles. The highest BCUT2D eigenvalue weighted by Gasteiger charge is 2.43. The zero-order valence-electron chi connectivity index (χ0n) is 34.4. The number of anilines is 1. The summed E-state index contributed by atoms with van der Waals surface area (Å²) in [5.74, 6) is 2.03. The molecule has 2 aliphatic rings. The molecule has 11 heteroatoms. The van der Waals surface area contributed by atoms with E-state index in [-0.39, 0.29) is 14.0 Å². The maximum atomic E-state index is 5.10. The minimum Gasteiger partial charge on any atom is -0.394 e. The van der Waals surface area contributed by atoms with Crippen molar-refractivity contribution in [2.24, 2.45) is 0 Å². The maximum absolute atomic E-state index is 5.10. The van der Waals surface area contributed by atoms with Gasteiger partial charge in [0.05, 0.1) is 20.6 Å². The standard InChI is InChI=1S/C46H47B2N7S2/c1-26-16-14-17-27(2)37(26)39-30(5)35-22-24-49-43(41(35)56-39)47-51-45(32(7)53(47)9)55(34-20-12-11-13-21-34)46-33(8)54(10)48(52-46)44-42-36(23-25-50-44)31(6)40(57-42)38-28(3)18-15-19-29(38)4/h11-25,51-52H,1-10H3. The van der Waals surface area contributed by atoms with Gasteiger partial charge in [-0.25, -0.2) is 0 Å². The van der Waals surface area contributed by atoms with Crippen LogP contribution in [0.2, 0.25) is 0 Å². The van der Waals surface area contributed by atoms with Crippen LogP contribution >= 0.6 is 22.7 Å². The van der Waals surface area contributed by atoms with Crippen molar-refractivity contribution in [3.63, 3.8) is 0 Å². The van der Waals surface area contributed by atoms with E-state index in [0.29, 0.717) is 0 Å². The van der Waals surface area contributed by atoms with Crippen LogP contribution < -0.4 is 26.5 Å². The Labute approximate surface area is 345 Å². The Kier molecular flexibility index (Phi) is 9.21. The van der Waals surface area contributed by atoms with Gasteiger partial charge in [-0.1, -0.05) is 54.6 Å². The number of aryl methyl sites for hydroxylation is 6. The van der Waals surface area contributed by atoms with Gasteiger partial charge in [0, 0.05) is 39.2 Å². The zero-order chi connectivity index (χ0) is 39.9. The summed E-state index contributed by atoms with van der Waals surface area (Å²) in [4.78, 5) is 19.9. The van der Waals surface area contributed by atoms with Gasteiger partial charge in [-0.3, -0.25) is 14.9 Å². The number of hydrogen-bond donors (Lipinski definition) is 2. The Morgan fingerprint density at radius 2 is 0.930 bits per heavy atom. The van der Waals surface area contributed by atoms with E-state index < -0.39 is 0 Å². The predicted molar refractivity (Wildman–Crippen MR) is 245 cm³/mol. The lowest BCUT2D eigenvalue weighted by Crippen LogP contribution is -2.54. The third kappa shape index (κ3) is 5.85. The normalized spacial score (nSPS) is 14.5. The van der Waals surface area contributed by atoms with Crippen LogP contribution in [0.3, 0.4) is 0 Å². The number of pyridine rings is 2. The van der Waals surface area contributed by atoms with Crippen molar-refractivity contribution in [3.05, 3.63) is 148 Å². The summed E-state index contributed by atoms with van der Waals surface area (Å²) >= 11 is 3.72. The molecule has 3 aromatic carbocycles. The highest BCUT2D eigenvalue weighted by molar-refractivity contribution is 7.24. The molecule has 0 aliphatic carbocycles. The molecule has 2 N–H and O–H groups in total. The number of benzene rings is 3. The highest BCUT2D eigenvalue weighted by atomic mass is 32.1. The van der Waals surface area contributed by atoms with Crippen LogP contribution in [0.4, 0.5) is 5.69 Å². The van der Waals surface area contributed by atoms with E-state index in [9.17, 15) is 0 Å². The van der Waals surface area contributed by atoms with Gasteiger partial charge in [0.2, 0.25) is 0 Å². The minimum atomic E-state index is -0.164. The molecule has 0 radical (unpaired) electrons. The predicted octanol–water partition coefficient (Wildman–Crippen LogP) is 9.14. The lowest BCUT2D eigenvalue weighted by atomic mass is 9.70. The van der Waals surface area contributed by atoms with E-state index in [1.165, 1.54) is 74.4 Å². The average Bonchev–Trinajstić information content (AvgIpc) is 3.90. The van der Waals surface area contributed by atoms with Crippen molar-refractivity contribution in [1.29, 1.82) is 0 Å². The number of para-hydroxylation sites is 1. The third-order valence-corrected chi connectivity index (χ3v) is 14.9. The number of hydrogen-bond acceptors (Lipinski definition) is 9. The van der Waals surface area contributed by atoms with Crippen molar-refractivity contribution in [3.8, 4) is 20.9 Å². The molecule has 4 aromatic heterocycles. The molecule has 7 aromatic rings. The number of allylic oxidation sites excluding steroid dienone is 2. The first-order valence-corrected chi connectivity index (χ1v) is 21.2.